The van der Waals surface area contributed by atoms with Crippen LogP contribution in [0.15, 0.2) is 18.2 Å². The molecular formula is C15H17ClN2O4S. The zero-order valence-electron chi connectivity index (χ0n) is 13.0. The van der Waals surface area contributed by atoms with Crippen LogP contribution in [0.25, 0.3) is 0 Å². The number of hydrogen-bond donors (Lipinski definition) is 1. The average Bonchev–Trinajstić information content (AvgIpc) is 2.50. The van der Waals surface area contributed by atoms with Gasteiger partial charge in [0.15, 0.2) is 0 Å². The highest BCUT2D eigenvalue weighted by Crippen LogP contribution is 2.29. The Morgan fingerprint density at radius 1 is 1.30 bits per heavy atom. The summed E-state index contributed by atoms with van der Waals surface area (Å²) in [5.41, 5.74) is 0.386. The molecule has 0 radical (unpaired) electrons. The number of ether oxygens (including phenoxy) is 1. The molecule has 1 heterocycles. The third-order valence-corrected chi connectivity index (χ3v) is 4.83. The van der Waals surface area contributed by atoms with E-state index in [0.29, 0.717) is 16.5 Å². The molecule has 1 fully saturated rings. The standard InChI is InChI=1S/C15H17ClN2O4S/c1-8-14(20)18(15(21)9(2)23-8)7-13(19)17-11-6-10(16)4-5-12(11)22-3/h4-6,8-9H,7H2,1-3H3,(H,17,19)/t8-,9+. The van der Waals surface area contributed by atoms with Crippen molar-refractivity contribution in [3.63, 3.8) is 0 Å². The van der Waals surface area contributed by atoms with Gasteiger partial charge in [0.1, 0.15) is 12.3 Å². The molecule has 2 rings (SSSR count). The first-order chi connectivity index (χ1) is 10.8. The molecule has 1 N–H and O–H groups in total. The number of carbonyl (C=O) groups is 3. The maximum atomic E-state index is 12.2. The fourth-order valence-electron chi connectivity index (χ4n) is 2.24. The van der Waals surface area contributed by atoms with Crippen LogP contribution in [0.1, 0.15) is 13.8 Å². The van der Waals surface area contributed by atoms with Gasteiger partial charge in [-0.15, -0.1) is 11.8 Å². The largest absolute Gasteiger partial charge is 0.495 e. The molecule has 1 aromatic carbocycles. The number of benzene rings is 1. The second kappa shape index (κ2) is 7.23. The Hall–Kier alpha value is -1.73. The number of rotatable bonds is 4. The summed E-state index contributed by atoms with van der Waals surface area (Å²) in [6.07, 6.45) is 0. The number of methoxy groups -OCH3 is 1. The Kier molecular flexibility index (Phi) is 5.54. The fourth-order valence-corrected chi connectivity index (χ4v) is 3.51. The molecule has 0 spiro atoms. The first-order valence-electron chi connectivity index (χ1n) is 6.97. The van der Waals surface area contributed by atoms with Crippen LogP contribution in [0.5, 0.6) is 5.75 Å². The summed E-state index contributed by atoms with van der Waals surface area (Å²) < 4.78 is 5.14. The second-order valence-corrected chi connectivity index (χ2v) is 7.20. The summed E-state index contributed by atoms with van der Waals surface area (Å²) >= 11 is 7.20. The van der Waals surface area contributed by atoms with E-state index in [2.05, 4.69) is 5.32 Å². The first kappa shape index (κ1) is 17.6. The SMILES string of the molecule is COc1ccc(Cl)cc1NC(=O)CN1C(=O)[C@H](C)S[C@H](C)C1=O. The van der Waals surface area contributed by atoms with Gasteiger partial charge in [0, 0.05) is 5.02 Å². The molecule has 1 aromatic rings. The molecular weight excluding hydrogens is 340 g/mol. The minimum Gasteiger partial charge on any atom is -0.495 e. The number of imide groups is 1. The van der Waals surface area contributed by atoms with Gasteiger partial charge in [-0.2, -0.15) is 0 Å². The van der Waals surface area contributed by atoms with Crippen LogP contribution in [-0.4, -0.2) is 46.8 Å². The Morgan fingerprint density at radius 2 is 1.91 bits per heavy atom. The molecule has 0 bridgehead atoms. The Labute approximate surface area is 143 Å². The Balaban J connectivity index is 2.11. The van der Waals surface area contributed by atoms with Gasteiger partial charge in [0.2, 0.25) is 17.7 Å². The predicted octanol–water partition coefficient (Wildman–Crippen LogP) is 2.17. The lowest BCUT2D eigenvalue weighted by Gasteiger charge is -2.31. The Bertz CT molecular complexity index is 632. The zero-order valence-corrected chi connectivity index (χ0v) is 14.5. The van der Waals surface area contributed by atoms with Crippen LogP contribution in [0.4, 0.5) is 5.69 Å². The lowest BCUT2D eigenvalue weighted by molar-refractivity contribution is -0.147. The third-order valence-electron chi connectivity index (χ3n) is 3.37. The van der Waals surface area contributed by atoms with Crippen molar-refractivity contribution in [1.29, 1.82) is 0 Å². The molecule has 124 valence electrons. The van der Waals surface area contributed by atoms with Crippen LogP contribution in [0, 0.1) is 0 Å². The van der Waals surface area contributed by atoms with Gasteiger partial charge in [-0.1, -0.05) is 11.6 Å². The summed E-state index contributed by atoms with van der Waals surface area (Å²) in [5, 5.41) is 2.35. The molecule has 0 unspecified atom stereocenters. The smallest absolute Gasteiger partial charge is 0.244 e. The number of anilines is 1. The van der Waals surface area contributed by atoms with E-state index in [4.69, 9.17) is 16.3 Å². The van der Waals surface area contributed by atoms with Crippen molar-refractivity contribution in [2.75, 3.05) is 19.0 Å². The van der Waals surface area contributed by atoms with Gasteiger partial charge in [-0.3, -0.25) is 19.3 Å². The van der Waals surface area contributed by atoms with Crippen LogP contribution < -0.4 is 10.1 Å². The van der Waals surface area contributed by atoms with E-state index in [1.165, 1.54) is 18.9 Å². The number of hydrogen-bond acceptors (Lipinski definition) is 5. The number of nitrogens with one attached hydrogen (secondary N) is 1. The lowest BCUT2D eigenvalue weighted by Crippen LogP contribution is -2.52. The Morgan fingerprint density at radius 3 is 2.48 bits per heavy atom. The highest BCUT2D eigenvalue weighted by atomic mass is 35.5. The maximum Gasteiger partial charge on any atom is 0.244 e. The number of nitrogens with zero attached hydrogens (tertiary/aromatic N) is 1. The number of thioether (sulfide) groups is 1. The monoisotopic (exact) mass is 356 g/mol. The summed E-state index contributed by atoms with van der Waals surface area (Å²) in [5.74, 6) is -0.757. The molecule has 23 heavy (non-hydrogen) atoms. The van der Waals surface area contributed by atoms with Gasteiger partial charge < -0.3 is 10.1 Å². The van der Waals surface area contributed by atoms with E-state index in [9.17, 15) is 14.4 Å². The van der Waals surface area contributed by atoms with Crippen LogP contribution >= 0.6 is 23.4 Å². The van der Waals surface area contributed by atoms with Gasteiger partial charge in [0.25, 0.3) is 0 Å². The van der Waals surface area contributed by atoms with E-state index in [1.807, 2.05) is 0 Å². The second-order valence-electron chi connectivity index (χ2n) is 5.08. The van der Waals surface area contributed by atoms with Crippen molar-refractivity contribution in [1.82, 2.24) is 4.90 Å². The quantitative estimate of drug-likeness (QED) is 0.837. The summed E-state index contributed by atoms with van der Waals surface area (Å²) in [4.78, 5) is 37.4. The normalized spacial score (nSPS) is 21.3. The minimum atomic E-state index is -0.487. The minimum absolute atomic E-state index is 0.331. The highest BCUT2D eigenvalue weighted by molar-refractivity contribution is 8.02. The highest BCUT2D eigenvalue weighted by Gasteiger charge is 2.38. The first-order valence-corrected chi connectivity index (χ1v) is 8.29. The van der Waals surface area contributed by atoms with Crippen molar-refractivity contribution in [3.8, 4) is 5.75 Å². The summed E-state index contributed by atoms with van der Waals surface area (Å²) in [7, 11) is 1.47. The van der Waals surface area contributed by atoms with Crippen molar-refractivity contribution < 1.29 is 19.1 Å². The zero-order chi connectivity index (χ0) is 17.1. The molecule has 6 nitrogen and oxygen atoms in total. The van der Waals surface area contributed by atoms with E-state index < -0.39 is 5.91 Å². The van der Waals surface area contributed by atoms with Crippen molar-refractivity contribution >= 4 is 46.8 Å². The van der Waals surface area contributed by atoms with Crippen molar-refractivity contribution in [2.45, 2.75) is 24.3 Å². The van der Waals surface area contributed by atoms with Crippen LogP contribution in [0.2, 0.25) is 5.02 Å². The van der Waals surface area contributed by atoms with Crippen molar-refractivity contribution in [3.05, 3.63) is 23.2 Å². The van der Waals surface area contributed by atoms with Gasteiger partial charge >= 0.3 is 0 Å². The van der Waals surface area contributed by atoms with E-state index >= 15 is 0 Å². The summed E-state index contributed by atoms with van der Waals surface area (Å²) in [6.45, 7) is 3.12. The lowest BCUT2D eigenvalue weighted by atomic mass is 10.2. The fraction of sp³-hybridized carbons (Fsp3) is 0.400. The molecule has 3 amide bonds. The molecule has 0 saturated carbocycles. The average molecular weight is 357 g/mol. The number of amides is 3. The van der Waals surface area contributed by atoms with E-state index in [1.54, 1.807) is 32.0 Å². The molecule has 0 aliphatic carbocycles. The molecule has 2 atom stereocenters. The van der Waals surface area contributed by atoms with E-state index in [0.717, 1.165) is 4.90 Å². The van der Waals surface area contributed by atoms with Gasteiger partial charge in [-0.25, -0.2) is 0 Å². The maximum absolute atomic E-state index is 12.2. The topological polar surface area (TPSA) is 75.7 Å². The van der Waals surface area contributed by atoms with Gasteiger partial charge in [-0.05, 0) is 32.0 Å². The molecule has 0 aromatic heterocycles. The van der Waals surface area contributed by atoms with Crippen LogP contribution in [0.3, 0.4) is 0 Å². The molecule has 1 aliphatic rings. The van der Waals surface area contributed by atoms with Gasteiger partial charge in [0.05, 0.1) is 23.3 Å². The number of carbonyl (C=O) groups excluding carboxylic acids is 3. The summed E-state index contributed by atoms with van der Waals surface area (Å²) in [6, 6.07) is 4.80. The third kappa shape index (κ3) is 3.97. The van der Waals surface area contributed by atoms with E-state index in [-0.39, 0.29) is 28.9 Å². The van der Waals surface area contributed by atoms with Crippen LogP contribution in [-0.2, 0) is 14.4 Å². The predicted molar refractivity (Wildman–Crippen MR) is 89.9 cm³/mol. The number of halogens is 1. The molecule has 1 saturated heterocycles. The molecule has 1 aliphatic heterocycles. The van der Waals surface area contributed by atoms with Crippen molar-refractivity contribution in [2.24, 2.45) is 0 Å². The molecule has 8 heteroatoms.